The van der Waals surface area contributed by atoms with Gasteiger partial charge in [-0.15, -0.1) is 0 Å². The van der Waals surface area contributed by atoms with E-state index < -0.39 is 24.6 Å². The predicted octanol–water partition coefficient (Wildman–Crippen LogP) is 1.10. The summed E-state index contributed by atoms with van der Waals surface area (Å²) in [5, 5.41) is 29.3. The lowest BCUT2D eigenvalue weighted by Crippen LogP contribution is -2.54. The minimum Gasteiger partial charge on any atom is -0.497 e. The minimum atomic E-state index is -1.32. The molecule has 1 fully saturated rings. The molecule has 4 atom stereocenters. The summed E-state index contributed by atoms with van der Waals surface area (Å²) >= 11 is 0. The molecule has 4 unspecified atom stereocenters. The summed E-state index contributed by atoms with van der Waals surface area (Å²) in [5.41, 5.74) is 2.00. The molecule has 134 valence electrons. The molecule has 0 saturated carbocycles. The molecule has 3 rings (SSSR count). The second kappa shape index (κ2) is 7.84. The van der Waals surface area contributed by atoms with Gasteiger partial charge in [-0.1, -0.05) is 30.3 Å². The zero-order chi connectivity index (χ0) is 17.8. The highest BCUT2D eigenvalue weighted by molar-refractivity contribution is 5.39. The van der Waals surface area contributed by atoms with Crippen molar-refractivity contribution in [1.82, 2.24) is 0 Å². The monoisotopic (exact) mass is 346 g/mol. The van der Waals surface area contributed by atoms with Crippen LogP contribution in [-0.2, 0) is 11.2 Å². The van der Waals surface area contributed by atoms with Gasteiger partial charge in [-0.2, -0.15) is 0 Å². The van der Waals surface area contributed by atoms with Gasteiger partial charge in [-0.25, -0.2) is 0 Å². The van der Waals surface area contributed by atoms with Gasteiger partial charge in [0, 0.05) is 6.42 Å². The highest BCUT2D eigenvalue weighted by Crippen LogP contribution is 2.26. The van der Waals surface area contributed by atoms with E-state index in [1.54, 1.807) is 13.2 Å². The lowest BCUT2D eigenvalue weighted by Gasteiger charge is -2.35. The standard InChI is InChI=1S/C19H22O6/c1-23-14-8-6-12(7-9-14)10-13-4-2-3-5-16(13)25-19-18(22)17(21)15(20)11-24-19/h2-9,15,17-22H,10-11H2,1H3. The molecule has 0 spiro atoms. The first-order valence-electron chi connectivity index (χ1n) is 8.12. The average Bonchev–Trinajstić information content (AvgIpc) is 2.64. The number of hydrogen-bond acceptors (Lipinski definition) is 6. The topological polar surface area (TPSA) is 88.4 Å². The summed E-state index contributed by atoms with van der Waals surface area (Å²) in [7, 11) is 1.62. The Balaban J connectivity index is 1.74. The number of aliphatic hydroxyl groups is 3. The number of aliphatic hydroxyl groups excluding tert-OH is 3. The normalized spacial score (nSPS) is 26.2. The Morgan fingerprint density at radius 3 is 2.44 bits per heavy atom. The highest BCUT2D eigenvalue weighted by Gasteiger charge is 2.39. The molecular weight excluding hydrogens is 324 g/mol. The molecule has 0 amide bonds. The maximum atomic E-state index is 10.0. The van der Waals surface area contributed by atoms with E-state index in [9.17, 15) is 15.3 Å². The van der Waals surface area contributed by atoms with E-state index in [1.165, 1.54) is 0 Å². The van der Waals surface area contributed by atoms with Crippen molar-refractivity contribution in [2.75, 3.05) is 13.7 Å². The SMILES string of the molecule is COc1ccc(Cc2ccccc2OC2OCC(O)C(O)C2O)cc1. The van der Waals surface area contributed by atoms with Gasteiger partial charge in [0.1, 0.15) is 29.8 Å². The highest BCUT2D eigenvalue weighted by atomic mass is 16.7. The fourth-order valence-electron chi connectivity index (χ4n) is 2.74. The van der Waals surface area contributed by atoms with Crippen LogP contribution >= 0.6 is 0 Å². The number of methoxy groups -OCH3 is 1. The van der Waals surface area contributed by atoms with E-state index >= 15 is 0 Å². The molecule has 1 saturated heterocycles. The van der Waals surface area contributed by atoms with Crippen LogP contribution in [0.25, 0.3) is 0 Å². The van der Waals surface area contributed by atoms with E-state index in [0.717, 1.165) is 16.9 Å². The number of hydrogen-bond donors (Lipinski definition) is 3. The maximum absolute atomic E-state index is 10.0. The van der Waals surface area contributed by atoms with Crippen LogP contribution in [0.4, 0.5) is 0 Å². The maximum Gasteiger partial charge on any atom is 0.228 e. The van der Waals surface area contributed by atoms with Crippen molar-refractivity contribution >= 4 is 0 Å². The molecule has 0 bridgehead atoms. The molecule has 0 radical (unpaired) electrons. The molecule has 0 aromatic heterocycles. The second-order valence-corrected chi connectivity index (χ2v) is 6.00. The molecular formula is C19H22O6. The lowest BCUT2D eigenvalue weighted by atomic mass is 10.0. The average molecular weight is 346 g/mol. The second-order valence-electron chi connectivity index (χ2n) is 6.00. The van der Waals surface area contributed by atoms with E-state index in [-0.39, 0.29) is 6.61 Å². The lowest BCUT2D eigenvalue weighted by molar-refractivity contribution is -0.242. The van der Waals surface area contributed by atoms with Crippen LogP contribution in [-0.4, -0.2) is 53.6 Å². The van der Waals surface area contributed by atoms with Gasteiger partial charge in [0.15, 0.2) is 0 Å². The minimum absolute atomic E-state index is 0.0937. The third kappa shape index (κ3) is 4.11. The summed E-state index contributed by atoms with van der Waals surface area (Å²) in [5.74, 6) is 1.35. The van der Waals surface area contributed by atoms with Crippen LogP contribution in [0, 0.1) is 0 Å². The van der Waals surface area contributed by atoms with Crippen molar-refractivity contribution in [1.29, 1.82) is 0 Å². The van der Waals surface area contributed by atoms with E-state index in [2.05, 4.69) is 0 Å². The van der Waals surface area contributed by atoms with Crippen LogP contribution in [0.2, 0.25) is 0 Å². The zero-order valence-corrected chi connectivity index (χ0v) is 13.9. The third-order valence-electron chi connectivity index (χ3n) is 4.22. The number of rotatable bonds is 5. The summed E-state index contributed by atoms with van der Waals surface area (Å²) < 4.78 is 16.2. The predicted molar refractivity (Wildman–Crippen MR) is 90.6 cm³/mol. The van der Waals surface area contributed by atoms with Crippen LogP contribution in [0.15, 0.2) is 48.5 Å². The van der Waals surface area contributed by atoms with Crippen molar-refractivity contribution in [2.45, 2.75) is 31.0 Å². The summed E-state index contributed by atoms with van der Waals surface area (Å²) in [6.45, 7) is -0.0937. The number of ether oxygens (including phenoxy) is 3. The van der Waals surface area contributed by atoms with Gasteiger partial charge in [0.05, 0.1) is 13.7 Å². The Morgan fingerprint density at radius 2 is 1.72 bits per heavy atom. The summed E-state index contributed by atoms with van der Waals surface area (Å²) in [6, 6.07) is 15.2. The Hall–Kier alpha value is -2.12. The summed E-state index contributed by atoms with van der Waals surface area (Å²) in [4.78, 5) is 0. The van der Waals surface area contributed by atoms with Crippen molar-refractivity contribution in [3.05, 3.63) is 59.7 Å². The Labute approximate surface area is 146 Å². The molecule has 0 aliphatic carbocycles. The summed E-state index contributed by atoms with van der Waals surface area (Å²) in [6.07, 6.45) is -4.14. The van der Waals surface area contributed by atoms with Crippen molar-refractivity contribution in [3.8, 4) is 11.5 Å². The molecule has 1 heterocycles. The van der Waals surface area contributed by atoms with Crippen LogP contribution in [0.1, 0.15) is 11.1 Å². The van der Waals surface area contributed by atoms with Crippen LogP contribution in [0.3, 0.4) is 0 Å². The fraction of sp³-hybridized carbons (Fsp3) is 0.368. The Bertz CT molecular complexity index is 687. The van der Waals surface area contributed by atoms with Gasteiger partial charge in [-0.05, 0) is 29.3 Å². The molecule has 1 aliphatic rings. The number of benzene rings is 2. The van der Waals surface area contributed by atoms with Gasteiger partial charge < -0.3 is 29.5 Å². The third-order valence-corrected chi connectivity index (χ3v) is 4.22. The van der Waals surface area contributed by atoms with Gasteiger partial charge >= 0.3 is 0 Å². The first-order chi connectivity index (χ1) is 12.1. The molecule has 2 aromatic rings. The van der Waals surface area contributed by atoms with E-state index in [1.807, 2.05) is 42.5 Å². The quantitative estimate of drug-likeness (QED) is 0.752. The van der Waals surface area contributed by atoms with Gasteiger partial charge in [-0.3, -0.25) is 0 Å². The number of para-hydroxylation sites is 1. The van der Waals surface area contributed by atoms with Crippen molar-refractivity contribution in [2.24, 2.45) is 0 Å². The molecule has 1 aliphatic heterocycles. The van der Waals surface area contributed by atoms with E-state index in [0.29, 0.717) is 12.2 Å². The van der Waals surface area contributed by atoms with Gasteiger partial charge in [0.25, 0.3) is 0 Å². The zero-order valence-electron chi connectivity index (χ0n) is 13.9. The smallest absolute Gasteiger partial charge is 0.228 e. The molecule has 25 heavy (non-hydrogen) atoms. The van der Waals surface area contributed by atoms with E-state index in [4.69, 9.17) is 14.2 Å². The van der Waals surface area contributed by atoms with Crippen molar-refractivity contribution < 1.29 is 29.5 Å². The Kier molecular flexibility index (Phi) is 5.55. The molecule has 3 N–H and O–H groups in total. The first kappa shape index (κ1) is 17.7. The fourth-order valence-corrected chi connectivity index (χ4v) is 2.74. The Morgan fingerprint density at radius 1 is 1.00 bits per heavy atom. The van der Waals surface area contributed by atoms with Gasteiger partial charge in [0.2, 0.25) is 6.29 Å². The first-order valence-corrected chi connectivity index (χ1v) is 8.12. The van der Waals surface area contributed by atoms with Crippen LogP contribution < -0.4 is 9.47 Å². The van der Waals surface area contributed by atoms with Crippen molar-refractivity contribution in [3.63, 3.8) is 0 Å². The largest absolute Gasteiger partial charge is 0.497 e. The molecule has 6 heteroatoms. The molecule has 2 aromatic carbocycles. The molecule has 6 nitrogen and oxygen atoms in total. The van der Waals surface area contributed by atoms with Crippen LogP contribution in [0.5, 0.6) is 11.5 Å².